The second-order valence-corrected chi connectivity index (χ2v) is 10.4. The molecule has 0 saturated carbocycles. The quantitative estimate of drug-likeness (QED) is 0.482. The number of aliphatic hydroxyl groups excluding tert-OH is 1. The molecule has 3 N–H and O–H groups in total. The second-order valence-electron chi connectivity index (χ2n) is 8.86. The molecule has 0 bridgehead atoms. The van der Waals surface area contributed by atoms with Crippen molar-refractivity contribution in [2.45, 2.75) is 44.3 Å². The molecule has 1 fully saturated rings. The van der Waals surface area contributed by atoms with Crippen LogP contribution < -0.4 is 10.6 Å². The lowest BCUT2D eigenvalue weighted by atomic mass is 10.1. The highest BCUT2D eigenvalue weighted by molar-refractivity contribution is 8.15. The highest BCUT2D eigenvalue weighted by Crippen LogP contribution is 2.23. The van der Waals surface area contributed by atoms with Crippen molar-refractivity contribution in [2.75, 3.05) is 18.4 Å². The van der Waals surface area contributed by atoms with Gasteiger partial charge in [-0.25, -0.2) is 4.79 Å². The molecule has 182 valence electrons. The first-order chi connectivity index (χ1) is 16.0. The maximum Gasteiger partial charge on any atom is 0.410 e. The zero-order valence-electron chi connectivity index (χ0n) is 19.2. The number of thioether (sulfide) groups is 1. The van der Waals surface area contributed by atoms with Gasteiger partial charge in [-0.1, -0.05) is 35.9 Å². The number of ether oxygens (including phenoxy) is 1. The van der Waals surface area contributed by atoms with E-state index in [9.17, 15) is 19.5 Å². The molecule has 0 radical (unpaired) electrons. The van der Waals surface area contributed by atoms with Crippen molar-refractivity contribution < 1.29 is 24.2 Å². The molecule has 10 heteroatoms. The van der Waals surface area contributed by atoms with E-state index in [1.165, 1.54) is 4.90 Å². The Labute approximate surface area is 208 Å². The molecule has 1 saturated heterocycles. The number of rotatable bonds is 8. The zero-order chi connectivity index (χ0) is 24.9. The summed E-state index contributed by atoms with van der Waals surface area (Å²) < 4.78 is 5.53. The predicted octanol–water partition coefficient (Wildman–Crippen LogP) is 4.57. The number of carbonyl (C=O) groups is 3. The smallest absolute Gasteiger partial charge is 0.410 e. The van der Waals surface area contributed by atoms with Crippen LogP contribution in [-0.2, 0) is 16.0 Å². The summed E-state index contributed by atoms with van der Waals surface area (Å²) in [6.07, 6.45) is -0.907. The number of carbonyl (C=O) groups excluding carboxylic acids is 3. The van der Waals surface area contributed by atoms with E-state index in [4.69, 9.17) is 16.3 Å². The van der Waals surface area contributed by atoms with E-state index in [2.05, 4.69) is 10.6 Å². The molecule has 0 aromatic heterocycles. The third kappa shape index (κ3) is 7.65. The van der Waals surface area contributed by atoms with Gasteiger partial charge in [0.25, 0.3) is 11.1 Å². The molecule has 3 amide bonds. The largest absolute Gasteiger partial charge is 0.444 e. The Kier molecular flexibility index (Phi) is 8.46. The summed E-state index contributed by atoms with van der Waals surface area (Å²) in [5, 5.41) is 15.4. The molecule has 1 aliphatic heterocycles. The second kappa shape index (κ2) is 11.1. The van der Waals surface area contributed by atoms with Gasteiger partial charge in [-0.2, -0.15) is 0 Å². The van der Waals surface area contributed by atoms with Crippen LogP contribution in [0.2, 0.25) is 5.02 Å². The van der Waals surface area contributed by atoms with Crippen molar-refractivity contribution in [3.8, 4) is 0 Å². The highest BCUT2D eigenvalue weighted by Gasteiger charge is 2.31. The number of benzene rings is 2. The van der Waals surface area contributed by atoms with Gasteiger partial charge in [-0.15, -0.1) is 0 Å². The van der Waals surface area contributed by atoms with E-state index in [-0.39, 0.29) is 17.7 Å². The number of nitrogens with one attached hydrogen (secondary N) is 2. The van der Waals surface area contributed by atoms with Crippen LogP contribution in [0.3, 0.4) is 0 Å². The first kappa shape index (κ1) is 25.9. The summed E-state index contributed by atoms with van der Waals surface area (Å²) in [5.41, 5.74) is 1.60. The van der Waals surface area contributed by atoms with E-state index in [0.29, 0.717) is 29.2 Å². The van der Waals surface area contributed by atoms with Crippen molar-refractivity contribution in [3.05, 3.63) is 64.7 Å². The molecule has 1 unspecified atom stereocenters. The topological polar surface area (TPSA) is 108 Å². The maximum absolute atomic E-state index is 12.8. The molecule has 0 spiro atoms. The molecule has 8 nitrogen and oxygen atoms in total. The lowest BCUT2D eigenvalue weighted by Gasteiger charge is -2.29. The third-order valence-corrected chi connectivity index (χ3v) is 6.01. The number of anilines is 1. The van der Waals surface area contributed by atoms with Crippen molar-refractivity contribution in [1.29, 1.82) is 0 Å². The minimum atomic E-state index is -0.921. The highest BCUT2D eigenvalue weighted by atomic mass is 35.5. The zero-order valence-corrected chi connectivity index (χ0v) is 20.8. The first-order valence-corrected chi connectivity index (χ1v) is 12.0. The maximum atomic E-state index is 12.8. The van der Waals surface area contributed by atoms with Crippen molar-refractivity contribution in [1.82, 2.24) is 10.2 Å². The van der Waals surface area contributed by atoms with Crippen LogP contribution >= 0.6 is 23.4 Å². The van der Waals surface area contributed by atoms with E-state index in [1.54, 1.807) is 45.0 Å². The number of aliphatic hydroxyl groups is 1. The van der Waals surface area contributed by atoms with Gasteiger partial charge < -0.3 is 20.1 Å². The molecule has 2 atom stereocenters. The van der Waals surface area contributed by atoms with Gasteiger partial charge in [0.15, 0.2) is 5.37 Å². The number of halogens is 1. The summed E-state index contributed by atoms with van der Waals surface area (Å²) >= 11 is 6.93. The molecule has 1 aliphatic rings. The van der Waals surface area contributed by atoms with E-state index in [0.717, 1.165) is 17.3 Å². The van der Waals surface area contributed by atoms with Crippen LogP contribution in [0.15, 0.2) is 48.5 Å². The van der Waals surface area contributed by atoms with E-state index < -0.39 is 23.2 Å². The van der Waals surface area contributed by atoms with Crippen LogP contribution in [-0.4, -0.2) is 51.3 Å². The number of amides is 3. The minimum Gasteiger partial charge on any atom is -0.444 e. The fourth-order valence-corrected chi connectivity index (χ4v) is 4.18. The molecule has 2 aromatic carbocycles. The Morgan fingerprint density at radius 1 is 1.24 bits per heavy atom. The standard InChI is InChI=1S/C24H28ClN3O5S/c1-24(2,3)33-23(32)28(14-19(29)16-5-4-6-17(25)13-16)12-11-15-7-9-18(10-8-15)26-21-20(30)27-22(31)34-21/h4-10,13,19,21,26,29H,11-12,14H2,1-3H3,(H,27,30,31)/t19-,21?/m0/s1. The Morgan fingerprint density at radius 2 is 1.94 bits per heavy atom. The van der Waals surface area contributed by atoms with Gasteiger partial charge in [-0.3, -0.25) is 14.9 Å². The molecule has 34 heavy (non-hydrogen) atoms. The van der Waals surface area contributed by atoms with Gasteiger partial charge in [0.05, 0.1) is 12.6 Å². The molecular weight excluding hydrogens is 478 g/mol. The van der Waals surface area contributed by atoms with Crippen LogP contribution in [0, 0.1) is 0 Å². The Morgan fingerprint density at radius 3 is 2.53 bits per heavy atom. The third-order valence-electron chi connectivity index (χ3n) is 4.89. The van der Waals surface area contributed by atoms with Gasteiger partial charge in [0.2, 0.25) is 0 Å². The van der Waals surface area contributed by atoms with Gasteiger partial charge in [-0.05, 0) is 74.3 Å². The van der Waals surface area contributed by atoms with Crippen LogP contribution in [0.1, 0.15) is 38.0 Å². The Balaban J connectivity index is 1.64. The van der Waals surface area contributed by atoms with Crippen molar-refractivity contribution in [3.63, 3.8) is 0 Å². The normalized spacial score (nSPS) is 16.7. The van der Waals surface area contributed by atoms with Gasteiger partial charge in [0, 0.05) is 17.3 Å². The summed E-state index contributed by atoms with van der Waals surface area (Å²) in [6, 6.07) is 14.3. The van der Waals surface area contributed by atoms with Crippen molar-refractivity contribution in [2.24, 2.45) is 0 Å². The summed E-state index contributed by atoms with van der Waals surface area (Å²) in [7, 11) is 0. The van der Waals surface area contributed by atoms with E-state index >= 15 is 0 Å². The number of hydrogen-bond acceptors (Lipinski definition) is 7. The minimum absolute atomic E-state index is 0.0525. The first-order valence-electron chi connectivity index (χ1n) is 10.8. The van der Waals surface area contributed by atoms with Gasteiger partial charge in [0.1, 0.15) is 5.60 Å². The van der Waals surface area contributed by atoms with Crippen LogP contribution in [0.25, 0.3) is 0 Å². The van der Waals surface area contributed by atoms with E-state index in [1.807, 2.05) is 24.3 Å². The molecule has 1 heterocycles. The molecular formula is C24H28ClN3O5S. The lowest BCUT2D eigenvalue weighted by Crippen LogP contribution is -2.40. The number of imide groups is 1. The summed E-state index contributed by atoms with van der Waals surface area (Å²) in [4.78, 5) is 37.3. The molecule has 0 aliphatic carbocycles. The average molecular weight is 506 g/mol. The number of hydrogen-bond donors (Lipinski definition) is 3. The molecule has 3 rings (SSSR count). The summed E-state index contributed by atoms with van der Waals surface area (Å²) in [6.45, 7) is 5.75. The Bertz CT molecular complexity index is 1040. The van der Waals surface area contributed by atoms with Gasteiger partial charge >= 0.3 is 6.09 Å². The number of nitrogens with zero attached hydrogens (tertiary/aromatic N) is 1. The Hall–Kier alpha value is -2.75. The van der Waals surface area contributed by atoms with Crippen LogP contribution in [0.5, 0.6) is 0 Å². The fraction of sp³-hybridized carbons (Fsp3) is 0.375. The molecule has 2 aromatic rings. The van der Waals surface area contributed by atoms with Crippen LogP contribution in [0.4, 0.5) is 15.3 Å². The predicted molar refractivity (Wildman–Crippen MR) is 133 cm³/mol. The van der Waals surface area contributed by atoms with Crippen molar-refractivity contribution >= 4 is 46.3 Å². The average Bonchev–Trinajstić information content (AvgIpc) is 3.07. The fourth-order valence-electron chi connectivity index (χ4n) is 3.25. The lowest BCUT2D eigenvalue weighted by molar-refractivity contribution is -0.118. The monoisotopic (exact) mass is 505 g/mol. The SMILES string of the molecule is CC(C)(C)OC(=O)N(CCc1ccc(NC2SC(=O)NC2=O)cc1)C[C@H](O)c1cccc(Cl)c1. The summed E-state index contributed by atoms with van der Waals surface area (Å²) in [5.74, 6) is -0.370.